The molecule has 5 nitrogen and oxygen atoms in total. The van der Waals surface area contributed by atoms with Gasteiger partial charge in [-0.25, -0.2) is 0 Å². The van der Waals surface area contributed by atoms with E-state index in [1.807, 2.05) is 30.5 Å². The third-order valence-electron chi connectivity index (χ3n) is 3.43. The number of hydrogen-bond donors (Lipinski definition) is 0. The molecule has 1 amide bonds. The summed E-state index contributed by atoms with van der Waals surface area (Å²) in [7, 11) is 1.43. The van der Waals surface area contributed by atoms with Crippen molar-refractivity contribution in [3.8, 4) is 5.75 Å². The minimum atomic E-state index is -0.102. The summed E-state index contributed by atoms with van der Waals surface area (Å²) in [6, 6.07) is 7.81. The van der Waals surface area contributed by atoms with E-state index in [-0.39, 0.29) is 11.2 Å². The molecular weight excluding hydrogens is 314 g/mol. The lowest BCUT2D eigenvalue weighted by molar-refractivity contribution is -0.140. The van der Waals surface area contributed by atoms with E-state index in [1.165, 1.54) is 7.11 Å². The van der Waals surface area contributed by atoms with E-state index < -0.39 is 0 Å². The molecule has 0 spiro atoms. The van der Waals surface area contributed by atoms with Crippen LogP contribution in [0.3, 0.4) is 0 Å². The van der Waals surface area contributed by atoms with Crippen molar-refractivity contribution in [1.82, 2.24) is 4.90 Å². The van der Waals surface area contributed by atoms with Crippen molar-refractivity contribution < 1.29 is 19.1 Å². The number of esters is 1. The van der Waals surface area contributed by atoms with Crippen LogP contribution in [0, 0.1) is 0 Å². The zero-order valence-corrected chi connectivity index (χ0v) is 14.8. The summed E-state index contributed by atoms with van der Waals surface area (Å²) >= 11 is 1.55. The number of carbonyl (C=O) groups excluding carboxylic acids is 2. The SMILES string of the molecule is CCCC(SC)C(=O)OC.O=CN1CCOc2ccccc2C1. The summed E-state index contributed by atoms with van der Waals surface area (Å²) in [6.07, 6.45) is 4.73. The van der Waals surface area contributed by atoms with Gasteiger partial charge in [0.1, 0.15) is 17.6 Å². The molecule has 0 bridgehead atoms. The quantitative estimate of drug-likeness (QED) is 0.610. The van der Waals surface area contributed by atoms with Crippen LogP contribution in [-0.2, 0) is 20.9 Å². The fraction of sp³-hybridized carbons (Fsp3) is 0.529. The summed E-state index contributed by atoms with van der Waals surface area (Å²) in [5.41, 5.74) is 1.08. The zero-order chi connectivity index (χ0) is 17.1. The van der Waals surface area contributed by atoms with Gasteiger partial charge >= 0.3 is 5.97 Å². The van der Waals surface area contributed by atoms with Gasteiger partial charge in [-0.1, -0.05) is 31.5 Å². The second-order valence-electron chi connectivity index (χ2n) is 5.07. The molecule has 0 saturated heterocycles. The molecule has 0 N–H and O–H groups in total. The first-order chi connectivity index (χ1) is 11.2. The van der Waals surface area contributed by atoms with E-state index in [9.17, 15) is 9.59 Å². The zero-order valence-electron chi connectivity index (χ0n) is 14.0. The number of hydrogen-bond acceptors (Lipinski definition) is 5. The van der Waals surface area contributed by atoms with Gasteiger partial charge in [0.25, 0.3) is 0 Å². The van der Waals surface area contributed by atoms with Crippen molar-refractivity contribution >= 4 is 24.1 Å². The lowest BCUT2D eigenvalue weighted by Crippen LogP contribution is -2.23. The number of thioether (sulfide) groups is 1. The molecule has 1 aromatic rings. The molecule has 0 aliphatic carbocycles. The molecule has 1 aromatic carbocycles. The highest BCUT2D eigenvalue weighted by Crippen LogP contribution is 2.21. The van der Waals surface area contributed by atoms with E-state index in [2.05, 4.69) is 11.7 Å². The minimum absolute atomic E-state index is 0.0370. The highest BCUT2D eigenvalue weighted by molar-refractivity contribution is 7.99. The highest BCUT2D eigenvalue weighted by atomic mass is 32.2. The first-order valence-electron chi connectivity index (χ1n) is 7.66. The lowest BCUT2D eigenvalue weighted by Gasteiger charge is -2.11. The molecule has 1 aliphatic rings. The van der Waals surface area contributed by atoms with E-state index >= 15 is 0 Å². The summed E-state index contributed by atoms with van der Waals surface area (Å²) < 4.78 is 10.1. The highest BCUT2D eigenvalue weighted by Gasteiger charge is 2.15. The van der Waals surface area contributed by atoms with Crippen LogP contribution >= 0.6 is 11.8 Å². The molecule has 1 atom stereocenters. The van der Waals surface area contributed by atoms with Crippen LogP contribution in [0.1, 0.15) is 25.3 Å². The fourth-order valence-corrected chi connectivity index (χ4v) is 2.92. The molecule has 6 heteroatoms. The van der Waals surface area contributed by atoms with Crippen LogP contribution < -0.4 is 4.74 Å². The first-order valence-corrected chi connectivity index (χ1v) is 8.95. The summed E-state index contributed by atoms with van der Waals surface area (Å²) in [6.45, 7) is 3.96. The largest absolute Gasteiger partial charge is 0.491 e. The van der Waals surface area contributed by atoms with Gasteiger partial charge in [0.2, 0.25) is 6.41 Å². The van der Waals surface area contributed by atoms with Crippen LogP contribution in [0.4, 0.5) is 0 Å². The summed E-state index contributed by atoms with van der Waals surface area (Å²) in [5.74, 6) is 0.793. The van der Waals surface area contributed by atoms with Gasteiger partial charge in [-0.15, -0.1) is 0 Å². The maximum Gasteiger partial charge on any atom is 0.318 e. The predicted molar refractivity (Wildman–Crippen MR) is 92.6 cm³/mol. The standard InChI is InChI=1S/C10H11NO2.C7H14O2S/c12-8-11-5-6-13-10-4-2-1-3-9(10)7-11;1-4-5-6(10-3)7(8)9-2/h1-4,8H,5-7H2;6H,4-5H2,1-3H3. The molecule has 2 rings (SSSR count). The van der Waals surface area contributed by atoms with Crippen LogP contribution in [0.5, 0.6) is 5.75 Å². The number of ether oxygens (including phenoxy) is 2. The van der Waals surface area contributed by atoms with Crippen LogP contribution in [0.25, 0.3) is 0 Å². The van der Waals surface area contributed by atoms with E-state index in [0.717, 1.165) is 30.6 Å². The maximum atomic E-state index is 10.9. The maximum absolute atomic E-state index is 10.9. The summed E-state index contributed by atoms with van der Waals surface area (Å²) in [5, 5.41) is 0.0370. The Kier molecular flexibility index (Phi) is 9.21. The molecule has 0 aromatic heterocycles. The van der Waals surface area contributed by atoms with Gasteiger partial charge in [-0.3, -0.25) is 9.59 Å². The third kappa shape index (κ3) is 6.52. The Morgan fingerprint density at radius 2 is 2.22 bits per heavy atom. The Morgan fingerprint density at radius 1 is 1.48 bits per heavy atom. The number of nitrogens with zero attached hydrogens (tertiary/aromatic N) is 1. The average Bonchev–Trinajstić information content (AvgIpc) is 2.81. The van der Waals surface area contributed by atoms with Gasteiger partial charge in [0.15, 0.2) is 0 Å². The second kappa shape index (κ2) is 10.9. The van der Waals surface area contributed by atoms with E-state index in [0.29, 0.717) is 19.7 Å². The smallest absolute Gasteiger partial charge is 0.318 e. The predicted octanol–water partition coefficient (Wildman–Crippen LogP) is 2.73. The molecule has 0 fully saturated rings. The van der Waals surface area contributed by atoms with E-state index in [1.54, 1.807) is 16.7 Å². The van der Waals surface area contributed by atoms with Crippen LogP contribution in [0.15, 0.2) is 24.3 Å². The van der Waals surface area contributed by atoms with Gasteiger partial charge < -0.3 is 14.4 Å². The average molecular weight is 339 g/mol. The second-order valence-corrected chi connectivity index (χ2v) is 6.11. The molecule has 128 valence electrons. The van der Waals surface area contributed by atoms with Crippen molar-refractivity contribution in [3.05, 3.63) is 29.8 Å². The topological polar surface area (TPSA) is 55.8 Å². The van der Waals surface area contributed by atoms with Gasteiger partial charge in [-0.05, 0) is 18.7 Å². The number of methoxy groups -OCH3 is 1. The molecule has 0 radical (unpaired) electrons. The molecule has 23 heavy (non-hydrogen) atoms. The normalized spacial score (nSPS) is 14.3. The van der Waals surface area contributed by atoms with Gasteiger partial charge in [-0.2, -0.15) is 11.8 Å². The van der Waals surface area contributed by atoms with Gasteiger partial charge in [0.05, 0.1) is 13.7 Å². The Labute approximate surface area is 142 Å². The van der Waals surface area contributed by atoms with Gasteiger partial charge in [0, 0.05) is 12.1 Å². The Bertz CT molecular complexity index is 495. The molecule has 1 unspecified atom stereocenters. The number of benzene rings is 1. The van der Waals surface area contributed by atoms with Crippen molar-refractivity contribution in [2.24, 2.45) is 0 Å². The third-order valence-corrected chi connectivity index (χ3v) is 4.43. The summed E-state index contributed by atoms with van der Waals surface area (Å²) in [4.78, 5) is 23.2. The minimum Gasteiger partial charge on any atom is -0.491 e. The monoisotopic (exact) mass is 339 g/mol. The Balaban J connectivity index is 0.000000241. The van der Waals surface area contributed by atoms with E-state index in [4.69, 9.17) is 4.74 Å². The van der Waals surface area contributed by atoms with Crippen LogP contribution in [0.2, 0.25) is 0 Å². The van der Waals surface area contributed by atoms with Crippen molar-refractivity contribution in [2.45, 2.75) is 31.6 Å². The Hall–Kier alpha value is -1.69. The molecular formula is C17H25NO4S. The number of para-hydroxylation sites is 1. The number of carbonyl (C=O) groups is 2. The van der Waals surface area contributed by atoms with Crippen LogP contribution in [-0.4, -0.2) is 49.0 Å². The molecule has 0 saturated carbocycles. The Morgan fingerprint density at radius 3 is 2.83 bits per heavy atom. The number of fused-ring (bicyclic) bond motifs is 1. The van der Waals surface area contributed by atoms with Crippen molar-refractivity contribution in [1.29, 1.82) is 0 Å². The molecule has 1 aliphatic heterocycles. The van der Waals surface area contributed by atoms with Crippen molar-refractivity contribution in [3.63, 3.8) is 0 Å². The lowest BCUT2D eigenvalue weighted by atomic mass is 10.2. The van der Waals surface area contributed by atoms with Crippen molar-refractivity contribution in [2.75, 3.05) is 26.5 Å². The molecule has 1 heterocycles. The number of rotatable bonds is 5. The number of amides is 1. The first kappa shape index (κ1) is 19.4. The fourth-order valence-electron chi connectivity index (χ4n) is 2.16.